The third-order valence-corrected chi connectivity index (χ3v) is 7.45. The van der Waals surface area contributed by atoms with Crippen molar-refractivity contribution >= 4 is 35.8 Å². The van der Waals surface area contributed by atoms with Crippen molar-refractivity contribution in [1.82, 2.24) is 4.31 Å². The van der Waals surface area contributed by atoms with Crippen LogP contribution in [0.4, 0.5) is 5.69 Å². The molecule has 26 heavy (non-hydrogen) atoms. The summed E-state index contributed by atoms with van der Waals surface area (Å²) in [4.78, 5) is -0.636. The van der Waals surface area contributed by atoms with E-state index in [1.165, 1.54) is 56.6 Å². The standard InChI is InChI=1S/C14H17N3O6S3/c1-17(2)26(22,23)12-8-6-11(7-9-12)16-25(20,21)14-5-3-4-13(10-14)24(15,18)19/h3-10,16H,1-2H3,(H2,15,18,19). The number of rotatable bonds is 6. The molecule has 0 spiro atoms. The van der Waals surface area contributed by atoms with E-state index in [1.807, 2.05) is 0 Å². The molecule has 0 unspecified atom stereocenters. The Hall–Kier alpha value is -1.99. The highest BCUT2D eigenvalue weighted by molar-refractivity contribution is 7.93. The molecular formula is C14H17N3O6S3. The lowest BCUT2D eigenvalue weighted by Gasteiger charge is -2.12. The van der Waals surface area contributed by atoms with Crippen LogP contribution in [-0.2, 0) is 30.1 Å². The van der Waals surface area contributed by atoms with Crippen LogP contribution in [0.15, 0.2) is 63.2 Å². The molecule has 2 aromatic rings. The van der Waals surface area contributed by atoms with Crippen molar-refractivity contribution in [2.45, 2.75) is 14.7 Å². The minimum atomic E-state index is -4.09. The van der Waals surface area contributed by atoms with E-state index in [2.05, 4.69) is 4.72 Å². The summed E-state index contributed by atoms with van der Waals surface area (Å²) in [6.07, 6.45) is 0. The van der Waals surface area contributed by atoms with Crippen LogP contribution < -0.4 is 9.86 Å². The van der Waals surface area contributed by atoms with Crippen molar-refractivity contribution in [1.29, 1.82) is 0 Å². The van der Waals surface area contributed by atoms with Crippen LogP contribution in [0.1, 0.15) is 0 Å². The van der Waals surface area contributed by atoms with Gasteiger partial charge in [-0.1, -0.05) is 6.07 Å². The summed E-state index contributed by atoms with van der Waals surface area (Å²) < 4.78 is 74.8. The van der Waals surface area contributed by atoms with Gasteiger partial charge in [0.25, 0.3) is 10.0 Å². The molecular weight excluding hydrogens is 402 g/mol. The number of anilines is 1. The average molecular weight is 420 g/mol. The van der Waals surface area contributed by atoms with E-state index in [0.29, 0.717) is 0 Å². The molecule has 0 aromatic heterocycles. The molecule has 0 atom stereocenters. The van der Waals surface area contributed by atoms with Crippen molar-refractivity contribution in [3.05, 3.63) is 48.5 Å². The van der Waals surface area contributed by atoms with E-state index in [1.54, 1.807) is 0 Å². The molecule has 0 saturated carbocycles. The third kappa shape index (κ3) is 4.40. The molecule has 2 rings (SSSR count). The third-order valence-electron chi connectivity index (χ3n) is 3.33. The highest BCUT2D eigenvalue weighted by Crippen LogP contribution is 2.21. The van der Waals surface area contributed by atoms with Crippen LogP contribution in [0, 0.1) is 0 Å². The molecule has 0 saturated heterocycles. The second kappa shape index (κ2) is 6.96. The lowest BCUT2D eigenvalue weighted by Crippen LogP contribution is -2.22. The first-order valence-corrected chi connectivity index (χ1v) is 11.5. The molecule has 2 aromatic carbocycles. The van der Waals surface area contributed by atoms with E-state index in [9.17, 15) is 25.3 Å². The summed E-state index contributed by atoms with van der Waals surface area (Å²) in [5, 5.41) is 5.00. The molecule has 0 heterocycles. The van der Waals surface area contributed by atoms with Gasteiger partial charge in [0.2, 0.25) is 20.0 Å². The fraction of sp³-hybridized carbons (Fsp3) is 0.143. The summed E-state index contributed by atoms with van der Waals surface area (Å²) in [5.74, 6) is 0. The molecule has 0 aliphatic carbocycles. The van der Waals surface area contributed by atoms with Crippen molar-refractivity contribution < 1.29 is 25.3 Å². The molecule has 0 radical (unpaired) electrons. The Morgan fingerprint density at radius 3 is 1.85 bits per heavy atom. The van der Waals surface area contributed by atoms with Crippen LogP contribution in [0.5, 0.6) is 0 Å². The van der Waals surface area contributed by atoms with Crippen LogP contribution in [0.25, 0.3) is 0 Å². The molecule has 0 amide bonds. The molecule has 0 fully saturated rings. The first-order chi connectivity index (χ1) is 11.8. The molecule has 3 N–H and O–H groups in total. The second-order valence-corrected chi connectivity index (χ2v) is 10.8. The number of sulfonamides is 3. The Bertz CT molecular complexity index is 1120. The van der Waals surface area contributed by atoms with E-state index < -0.39 is 30.1 Å². The van der Waals surface area contributed by atoms with Gasteiger partial charge in [0.15, 0.2) is 0 Å². The summed E-state index contributed by atoms with van der Waals surface area (Å²) >= 11 is 0. The zero-order valence-electron chi connectivity index (χ0n) is 13.8. The Morgan fingerprint density at radius 1 is 0.808 bits per heavy atom. The van der Waals surface area contributed by atoms with Gasteiger partial charge in [-0.25, -0.2) is 34.7 Å². The van der Waals surface area contributed by atoms with Gasteiger partial charge in [0.05, 0.1) is 14.7 Å². The van der Waals surface area contributed by atoms with Crippen LogP contribution in [0.2, 0.25) is 0 Å². The maximum Gasteiger partial charge on any atom is 0.261 e. The van der Waals surface area contributed by atoms with Gasteiger partial charge in [-0.05, 0) is 42.5 Å². The van der Waals surface area contributed by atoms with Gasteiger partial charge in [0, 0.05) is 19.8 Å². The number of primary sulfonamides is 1. The SMILES string of the molecule is CN(C)S(=O)(=O)c1ccc(NS(=O)(=O)c2cccc(S(N)(=O)=O)c2)cc1. The monoisotopic (exact) mass is 419 g/mol. The van der Waals surface area contributed by atoms with E-state index in [0.717, 1.165) is 10.4 Å². The maximum atomic E-state index is 12.4. The van der Waals surface area contributed by atoms with Gasteiger partial charge in [-0.3, -0.25) is 4.72 Å². The number of nitrogens with zero attached hydrogens (tertiary/aromatic N) is 1. The molecule has 9 nitrogen and oxygen atoms in total. The Labute approximate surface area is 152 Å². The Kier molecular flexibility index (Phi) is 5.44. The molecule has 0 aliphatic heterocycles. The fourth-order valence-electron chi connectivity index (χ4n) is 1.94. The number of nitrogens with two attached hydrogens (primary N) is 1. The first kappa shape index (κ1) is 20.3. The van der Waals surface area contributed by atoms with Crippen LogP contribution in [0.3, 0.4) is 0 Å². The van der Waals surface area contributed by atoms with Gasteiger partial charge < -0.3 is 0 Å². The molecule has 0 bridgehead atoms. The zero-order valence-corrected chi connectivity index (χ0v) is 16.3. The molecule has 12 heteroatoms. The van der Waals surface area contributed by atoms with Crippen molar-refractivity contribution in [3.63, 3.8) is 0 Å². The Balaban J connectivity index is 2.34. The summed E-state index contributed by atoms with van der Waals surface area (Å²) in [6.45, 7) is 0. The van der Waals surface area contributed by atoms with Gasteiger partial charge in [-0.2, -0.15) is 0 Å². The van der Waals surface area contributed by atoms with Crippen LogP contribution >= 0.6 is 0 Å². The lowest BCUT2D eigenvalue weighted by atomic mass is 10.3. The van der Waals surface area contributed by atoms with E-state index in [4.69, 9.17) is 5.14 Å². The second-order valence-electron chi connectivity index (χ2n) is 5.44. The van der Waals surface area contributed by atoms with E-state index >= 15 is 0 Å². The number of hydrogen-bond donors (Lipinski definition) is 2. The average Bonchev–Trinajstić information content (AvgIpc) is 2.54. The smallest absolute Gasteiger partial charge is 0.261 e. The lowest BCUT2D eigenvalue weighted by molar-refractivity contribution is 0.521. The topological polar surface area (TPSA) is 144 Å². The van der Waals surface area contributed by atoms with E-state index in [-0.39, 0.29) is 20.4 Å². The van der Waals surface area contributed by atoms with Crippen molar-refractivity contribution in [3.8, 4) is 0 Å². The molecule has 0 aliphatic rings. The normalized spacial score (nSPS) is 12.9. The number of hydrogen-bond acceptors (Lipinski definition) is 6. The van der Waals surface area contributed by atoms with Crippen LogP contribution in [-0.4, -0.2) is 43.7 Å². The quantitative estimate of drug-likeness (QED) is 0.693. The predicted octanol–water partition coefficient (Wildman–Crippen LogP) is 0.385. The van der Waals surface area contributed by atoms with Gasteiger partial charge in [0.1, 0.15) is 0 Å². The van der Waals surface area contributed by atoms with Gasteiger partial charge in [-0.15, -0.1) is 0 Å². The highest BCUT2D eigenvalue weighted by atomic mass is 32.2. The first-order valence-electron chi connectivity index (χ1n) is 7.02. The van der Waals surface area contributed by atoms with Gasteiger partial charge >= 0.3 is 0 Å². The summed E-state index contributed by atoms with van der Waals surface area (Å²) in [7, 11) is -9.02. The number of benzene rings is 2. The largest absolute Gasteiger partial charge is 0.280 e. The summed E-state index contributed by atoms with van der Waals surface area (Å²) in [5.41, 5.74) is 0.115. The zero-order chi connectivity index (χ0) is 19.8. The minimum Gasteiger partial charge on any atom is -0.280 e. The number of nitrogens with one attached hydrogen (secondary N) is 1. The highest BCUT2D eigenvalue weighted by Gasteiger charge is 2.19. The fourth-order valence-corrected chi connectivity index (χ4v) is 4.58. The van der Waals surface area contributed by atoms with Crippen molar-refractivity contribution in [2.75, 3.05) is 18.8 Å². The maximum absolute atomic E-state index is 12.4. The van der Waals surface area contributed by atoms with Crippen molar-refractivity contribution in [2.24, 2.45) is 5.14 Å². The molecule has 142 valence electrons. The predicted molar refractivity (Wildman–Crippen MR) is 95.9 cm³/mol. The Morgan fingerprint density at radius 2 is 1.35 bits per heavy atom. The minimum absolute atomic E-state index is 0.00155. The summed E-state index contributed by atoms with van der Waals surface area (Å²) in [6, 6.07) is 9.66.